The number of hydrogen-bond donors (Lipinski definition) is 0. The fourth-order valence-electron chi connectivity index (χ4n) is 4.94. The minimum Gasteiger partial charge on any atom is -0.497 e. The van der Waals surface area contributed by atoms with Gasteiger partial charge in [-0.05, 0) is 72.8 Å². The van der Waals surface area contributed by atoms with Gasteiger partial charge >= 0.3 is 5.97 Å². The van der Waals surface area contributed by atoms with E-state index in [0.717, 1.165) is 41.6 Å². The summed E-state index contributed by atoms with van der Waals surface area (Å²) in [7, 11) is 1.63. The molecule has 1 atom stereocenters. The first-order valence-corrected chi connectivity index (χ1v) is 12.9. The van der Waals surface area contributed by atoms with Crippen molar-refractivity contribution in [3.05, 3.63) is 89.7 Å². The molecule has 0 aliphatic carbocycles. The van der Waals surface area contributed by atoms with E-state index < -0.39 is 30.2 Å². The van der Waals surface area contributed by atoms with Crippen LogP contribution in [0.25, 0.3) is 0 Å². The highest BCUT2D eigenvalue weighted by Gasteiger charge is 2.43. The number of piperazine rings is 1. The number of anilines is 2. The number of ketones is 1. The summed E-state index contributed by atoms with van der Waals surface area (Å²) in [5, 5.41) is 0. The lowest BCUT2D eigenvalue weighted by atomic mass is 10.1. The molecule has 40 heavy (non-hydrogen) atoms. The van der Waals surface area contributed by atoms with Gasteiger partial charge in [0.25, 0.3) is 5.91 Å². The SMILES string of the molecule is COc1ccc(N2CCN(C3CC(=O)N(c4ccc(C(=O)OCC(=O)c5ccc(F)cc5)cc4)C3=O)CC2)cc1. The summed E-state index contributed by atoms with van der Waals surface area (Å²) in [6, 6.07) is 18.2. The maximum atomic E-state index is 13.3. The monoisotopic (exact) mass is 545 g/mol. The van der Waals surface area contributed by atoms with Crippen LogP contribution >= 0.6 is 0 Å². The van der Waals surface area contributed by atoms with Crippen LogP contribution in [0.15, 0.2) is 72.8 Å². The van der Waals surface area contributed by atoms with E-state index in [2.05, 4.69) is 4.90 Å². The number of nitrogens with zero attached hydrogens (tertiary/aromatic N) is 3. The first-order chi connectivity index (χ1) is 19.3. The molecule has 9 nitrogen and oxygen atoms in total. The van der Waals surface area contributed by atoms with Gasteiger partial charge in [0.15, 0.2) is 12.4 Å². The quantitative estimate of drug-likeness (QED) is 0.242. The fourth-order valence-corrected chi connectivity index (χ4v) is 4.94. The average Bonchev–Trinajstić information content (AvgIpc) is 3.29. The molecule has 206 valence electrons. The Labute approximate surface area is 230 Å². The molecule has 0 aromatic heterocycles. The molecule has 0 spiro atoms. The summed E-state index contributed by atoms with van der Waals surface area (Å²) in [4.78, 5) is 56.1. The number of halogens is 1. The molecule has 10 heteroatoms. The van der Waals surface area contributed by atoms with E-state index in [0.29, 0.717) is 18.8 Å². The lowest BCUT2D eigenvalue weighted by Crippen LogP contribution is -2.52. The highest BCUT2D eigenvalue weighted by atomic mass is 19.1. The maximum absolute atomic E-state index is 13.3. The molecule has 2 aliphatic rings. The summed E-state index contributed by atoms with van der Waals surface area (Å²) >= 11 is 0. The minimum absolute atomic E-state index is 0.0939. The van der Waals surface area contributed by atoms with Gasteiger partial charge in [0.2, 0.25) is 5.91 Å². The topological polar surface area (TPSA) is 96.5 Å². The highest BCUT2D eigenvalue weighted by molar-refractivity contribution is 6.22. The number of amides is 2. The lowest BCUT2D eigenvalue weighted by molar-refractivity contribution is -0.123. The summed E-state index contributed by atoms with van der Waals surface area (Å²) < 4.78 is 23.3. The third-order valence-electron chi connectivity index (χ3n) is 7.18. The summed E-state index contributed by atoms with van der Waals surface area (Å²) in [6.07, 6.45) is 0.0939. The van der Waals surface area contributed by atoms with Crippen LogP contribution in [0.2, 0.25) is 0 Å². The van der Waals surface area contributed by atoms with Gasteiger partial charge in [0.05, 0.1) is 30.8 Å². The van der Waals surface area contributed by atoms with Crippen LogP contribution in [-0.4, -0.2) is 74.4 Å². The van der Waals surface area contributed by atoms with Crippen LogP contribution in [0.1, 0.15) is 27.1 Å². The van der Waals surface area contributed by atoms with E-state index in [1.165, 1.54) is 36.4 Å². The van der Waals surface area contributed by atoms with Crippen molar-refractivity contribution in [2.45, 2.75) is 12.5 Å². The van der Waals surface area contributed by atoms with Crippen molar-refractivity contribution in [1.82, 2.24) is 4.90 Å². The molecular weight excluding hydrogens is 517 g/mol. The summed E-state index contributed by atoms with van der Waals surface area (Å²) in [5.74, 6) is -1.46. The summed E-state index contributed by atoms with van der Waals surface area (Å²) in [5.41, 5.74) is 1.84. The van der Waals surface area contributed by atoms with Gasteiger partial charge in [0.1, 0.15) is 11.6 Å². The molecule has 0 saturated carbocycles. The smallest absolute Gasteiger partial charge is 0.338 e. The number of esters is 1. The Morgan fingerprint density at radius 2 is 1.43 bits per heavy atom. The zero-order chi connectivity index (χ0) is 28.2. The minimum atomic E-state index is -0.728. The van der Waals surface area contributed by atoms with Crippen LogP contribution in [-0.2, 0) is 14.3 Å². The average molecular weight is 546 g/mol. The van der Waals surface area contributed by atoms with Gasteiger partial charge in [-0.3, -0.25) is 19.3 Å². The van der Waals surface area contributed by atoms with Crippen LogP contribution in [0.5, 0.6) is 5.75 Å². The van der Waals surface area contributed by atoms with Crippen LogP contribution in [0.3, 0.4) is 0 Å². The molecule has 0 radical (unpaired) electrons. The molecule has 2 aliphatic heterocycles. The normalized spacial score (nSPS) is 17.7. The Morgan fingerprint density at radius 3 is 2.05 bits per heavy atom. The fraction of sp³-hybridized carbons (Fsp3) is 0.267. The Hall–Kier alpha value is -4.57. The molecule has 5 rings (SSSR count). The molecular formula is C30H28FN3O6. The van der Waals surface area contributed by atoms with Crippen molar-refractivity contribution < 1.29 is 33.0 Å². The number of Topliss-reactive ketones (excluding diaryl/α,β-unsaturated/α-hetero) is 1. The maximum Gasteiger partial charge on any atom is 0.338 e. The number of carbonyl (C=O) groups is 4. The zero-order valence-corrected chi connectivity index (χ0v) is 21.9. The van der Waals surface area contributed by atoms with E-state index in [1.807, 2.05) is 29.2 Å². The number of ether oxygens (including phenoxy) is 2. The molecule has 3 aromatic carbocycles. The predicted molar refractivity (Wildman–Crippen MR) is 145 cm³/mol. The number of imide groups is 1. The lowest BCUT2D eigenvalue weighted by Gasteiger charge is -2.38. The van der Waals surface area contributed by atoms with E-state index in [9.17, 15) is 23.6 Å². The molecule has 2 fully saturated rings. The second-order valence-corrected chi connectivity index (χ2v) is 9.56. The molecule has 2 heterocycles. The molecule has 3 aromatic rings. The third kappa shape index (κ3) is 5.72. The first kappa shape index (κ1) is 27.0. The van der Waals surface area contributed by atoms with Crippen molar-refractivity contribution in [1.29, 1.82) is 0 Å². The Kier molecular flexibility index (Phi) is 7.88. The van der Waals surface area contributed by atoms with E-state index in [4.69, 9.17) is 9.47 Å². The van der Waals surface area contributed by atoms with Gasteiger partial charge in [-0.2, -0.15) is 0 Å². The Morgan fingerprint density at radius 1 is 0.825 bits per heavy atom. The molecule has 0 N–H and O–H groups in total. The Bertz CT molecular complexity index is 1400. The van der Waals surface area contributed by atoms with Gasteiger partial charge in [0, 0.05) is 37.4 Å². The van der Waals surface area contributed by atoms with Crippen molar-refractivity contribution >= 4 is 34.9 Å². The van der Waals surface area contributed by atoms with Gasteiger partial charge < -0.3 is 14.4 Å². The number of hydrogen-bond acceptors (Lipinski definition) is 8. The molecule has 0 bridgehead atoms. The standard InChI is InChI=1S/C30H28FN3O6/c1-39-25-12-10-23(11-13-25)32-14-16-33(17-15-32)26-18-28(36)34(29(26)37)24-8-4-21(5-9-24)30(38)40-19-27(35)20-2-6-22(31)7-3-20/h2-13,26H,14-19H2,1H3. The van der Waals surface area contributed by atoms with E-state index in [1.54, 1.807) is 7.11 Å². The van der Waals surface area contributed by atoms with Crippen LogP contribution in [0, 0.1) is 5.82 Å². The van der Waals surface area contributed by atoms with Crippen LogP contribution < -0.4 is 14.5 Å². The van der Waals surface area contributed by atoms with E-state index in [-0.39, 0.29) is 29.4 Å². The van der Waals surface area contributed by atoms with Crippen molar-refractivity contribution in [3.63, 3.8) is 0 Å². The number of rotatable bonds is 8. The van der Waals surface area contributed by atoms with Gasteiger partial charge in [-0.25, -0.2) is 14.1 Å². The molecule has 1 unspecified atom stereocenters. The predicted octanol–water partition coefficient (Wildman–Crippen LogP) is 3.33. The second-order valence-electron chi connectivity index (χ2n) is 9.56. The highest BCUT2D eigenvalue weighted by Crippen LogP contribution is 2.28. The largest absolute Gasteiger partial charge is 0.497 e. The van der Waals surface area contributed by atoms with Gasteiger partial charge in [-0.15, -0.1) is 0 Å². The number of methoxy groups -OCH3 is 1. The van der Waals surface area contributed by atoms with E-state index >= 15 is 0 Å². The van der Waals surface area contributed by atoms with Crippen molar-refractivity contribution in [3.8, 4) is 5.75 Å². The third-order valence-corrected chi connectivity index (χ3v) is 7.18. The van der Waals surface area contributed by atoms with Gasteiger partial charge in [-0.1, -0.05) is 0 Å². The zero-order valence-electron chi connectivity index (χ0n) is 21.9. The molecule has 2 saturated heterocycles. The Balaban J connectivity index is 1.16. The van der Waals surface area contributed by atoms with Crippen molar-refractivity contribution in [2.75, 3.05) is 49.7 Å². The second kappa shape index (κ2) is 11.7. The molecule has 2 amide bonds. The first-order valence-electron chi connectivity index (χ1n) is 12.9. The number of benzene rings is 3. The number of carbonyl (C=O) groups excluding carboxylic acids is 4. The van der Waals surface area contributed by atoms with Crippen LogP contribution in [0.4, 0.5) is 15.8 Å². The summed E-state index contributed by atoms with van der Waals surface area (Å²) in [6.45, 7) is 2.24. The van der Waals surface area contributed by atoms with Crippen molar-refractivity contribution in [2.24, 2.45) is 0 Å².